The Balaban J connectivity index is 1.74. The number of halogens is 3. The molecule has 8 heteroatoms. The highest BCUT2D eigenvalue weighted by molar-refractivity contribution is 8.00. The maximum Gasteiger partial charge on any atom is 0.441 e. The Hall–Kier alpha value is -1.15. The van der Waals surface area contributed by atoms with Crippen molar-refractivity contribution in [1.82, 2.24) is 9.88 Å². The lowest BCUT2D eigenvalue weighted by molar-refractivity contribution is -0.0328. The average Bonchev–Trinajstić information content (AvgIpc) is 2.39. The van der Waals surface area contributed by atoms with Crippen LogP contribution in [0, 0.1) is 0 Å². The number of rotatable bonds is 4. The van der Waals surface area contributed by atoms with Gasteiger partial charge in [-0.05, 0) is 23.9 Å². The van der Waals surface area contributed by atoms with E-state index >= 15 is 0 Å². The number of nitrogen functional groups attached to an aromatic ring is 1. The van der Waals surface area contributed by atoms with Gasteiger partial charge in [-0.25, -0.2) is 4.98 Å². The Morgan fingerprint density at radius 1 is 1.20 bits per heavy atom. The molecule has 0 aliphatic carbocycles. The van der Waals surface area contributed by atoms with Crippen molar-refractivity contribution in [3.05, 3.63) is 18.3 Å². The third-order valence-electron chi connectivity index (χ3n) is 3.18. The van der Waals surface area contributed by atoms with E-state index in [9.17, 15) is 13.2 Å². The molecule has 0 amide bonds. The van der Waals surface area contributed by atoms with Crippen molar-refractivity contribution < 1.29 is 13.2 Å². The number of aromatic nitrogens is 1. The number of nitrogens with zero attached hydrogens (tertiary/aromatic N) is 3. The van der Waals surface area contributed by atoms with Gasteiger partial charge >= 0.3 is 5.51 Å². The maximum absolute atomic E-state index is 12.0. The second-order valence-corrected chi connectivity index (χ2v) is 5.72. The first-order chi connectivity index (χ1) is 9.44. The summed E-state index contributed by atoms with van der Waals surface area (Å²) in [4.78, 5) is 8.27. The van der Waals surface area contributed by atoms with Gasteiger partial charge in [0.25, 0.3) is 0 Å². The molecule has 0 bridgehead atoms. The van der Waals surface area contributed by atoms with Gasteiger partial charge < -0.3 is 10.6 Å². The molecule has 2 N–H and O–H groups in total. The molecular weight excluding hydrogens is 289 g/mol. The van der Waals surface area contributed by atoms with E-state index in [4.69, 9.17) is 5.73 Å². The van der Waals surface area contributed by atoms with Crippen molar-refractivity contribution in [3.8, 4) is 0 Å². The molecule has 0 aromatic carbocycles. The van der Waals surface area contributed by atoms with Gasteiger partial charge in [0.2, 0.25) is 0 Å². The fourth-order valence-corrected chi connectivity index (χ4v) is 2.69. The molecule has 1 aromatic rings. The summed E-state index contributed by atoms with van der Waals surface area (Å²) in [6.45, 7) is 3.59. The van der Waals surface area contributed by atoms with Crippen molar-refractivity contribution in [3.63, 3.8) is 0 Å². The summed E-state index contributed by atoms with van der Waals surface area (Å²) < 4.78 is 36.1. The number of alkyl halides is 3. The predicted molar refractivity (Wildman–Crippen MR) is 75.8 cm³/mol. The lowest BCUT2D eigenvalue weighted by Gasteiger charge is -2.35. The molecule has 0 radical (unpaired) electrons. The van der Waals surface area contributed by atoms with Crippen LogP contribution in [0.1, 0.15) is 0 Å². The van der Waals surface area contributed by atoms with E-state index in [1.807, 2.05) is 6.07 Å². The smallest absolute Gasteiger partial charge is 0.384 e. The monoisotopic (exact) mass is 306 g/mol. The van der Waals surface area contributed by atoms with E-state index < -0.39 is 5.51 Å². The molecule has 0 spiro atoms. The molecule has 4 nitrogen and oxygen atoms in total. The molecule has 0 saturated carbocycles. The van der Waals surface area contributed by atoms with Crippen LogP contribution in [0.4, 0.5) is 24.7 Å². The van der Waals surface area contributed by atoms with Gasteiger partial charge in [-0.15, -0.1) is 0 Å². The second-order valence-electron chi connectivity index (χ2n) is 4.56. The Bertz CT molecular complexity index is 416. The largest absolute Gasteiger partial charge is 0.441 e. The quantitative estimate of drug-likeness (QED) is 0.922. The number of anilines is 2. The Labute approximate surface area is 120 Å². The van der Waals surface area contributed by atoms with Crippen molar-refractivity contribution >= 4 is 23.3 Å². The molecule has 0 unspecified atom stereocenters. The van der Waals surface area contributed by atoms with E-state index in [0.717, 1.165) is 31.9 Å². The van der Waals surface area contributed by atoms with E-state index in [1.165, 1.54) is 0 Å². The topological polar surface area (TPSA) is 45.4 Å². The first-order valence-electron chi connectivity index (χ1n) is 6.33. The zero-order valence-corrected chi connectivity index (χ0v) is 11.8. The van der Waals surface area contributed by atoms with Crippen molar-refractivity contribution in [1.29, 1.82) is 0 Å². The minimum atomic E-state index is -4.13. The van der Waals surface area contributed by atoms with Crippen molar-refractivity contribution in [2.75, 3.05) is 49.1 Å². The van der Waals surface area contributed by atoms with E-state index in [1.54, 1.807) is 12.3 Å². The van der Waals surface area contributed by atoms with Gasteiger partial charge in [0.1, 0.15) is 5.82 Å². The molecule has 1 saturated heterocycles. The lowest BCUT2D eigenvalue weighted by atomic mass is 10.2. The van der Waals surface area contributed by atoms with Gasteiger partial charge in [-0.1, -0.05) is 0 Å². The minimum Gasteiger partial charge on any atom is -0.384 e. The van der Waals surface area contributed by atoms with Crippen LogP contribution in [-0.2, 0) is 0 Å². The number of hydrogen-bond donors (Lipinski definition) is 1. The molecule has 1 aliphatic heterocycles. The summed E-state index contributed by atoms with van der Waals surface area (Å²) in [7, 11) is 0. The number of hydrogen-bond acceptors (Lipinski definition) is 5. The second kappa shape index (κ2) is 6.53. The third kappa shape index (κ3) is 4.75. The van der Waals surface area contributed by atoms with E-state index in [-0.39, 0.29) is 17.5 Å². The molecule has 1 aliphatic rings. The standard InChI is InChI=1S/C12H17F3N4S/c13-12(14,15)20-8-7-18-3-5-19(6-4-18)10-1-2-11(16)17-9-10/h1-2,9H,3-8H2,(H2,16,17). The highest BCUT2D eigenvalue weighted by Gasteiger charge is 2.28. The van der Waals surface area contributed by atoms with Crippen LogP contribution < -0.4 is 10.6 Å². The highest BCUT2D eigenvalue weighted by Crippen LogP contribution is 2.29. The first kappa shape index (κ1) is 15.2. The Kier molecular flexibility index (Phi) is 4.98. The lowest BCUT2D eigenvalue weighted by Crippen LogP contribution is -2.47. The maximum atomic E-state index is 12.0. The van der Waals surface area contributed by atoms with Gasteiger partial charge in [-0.3, -0.25) is 4.90 Å². The highest BCUT2D eigenvalue weighted by atomic mass is 32.2. The van der Waals surface area contributed by atoms with Crippen LogP contribution in [0.3, 0.4) is 0 Å². The molecule has 2 rings (SSSR count). The molecule has 1 aromatic heterocycles. The van der Waals surface area contributed by atoms with Gasteiger partial charge in [0.05, 0.1) is 11.9 Å². The Morgan fingerprint density at radius 3 is 2.45 bits per heavy atom. The van der Waals surface area contributed by atoms with Crippen molar-refractivity contribution in [2.24, 2.45) is 0 Å². The zero-order valence-electron chi connectivity index (χ0n) is 10.9. The number of nitrogens with two attached hydrogens (primary N) is 1. The molecule has 1 fully saturated rings. The summed E-state index contributed by atoms with van der Waals surface area (Å²) >= 11 is 0.0468. The fourth-order valence-electron chi connectivity index (χ4n) is 2.10. The van der Waals surface area contributed by atoms with Crippen LogP contribution in [0.25, 0.3) is 0 Å². The molecule has 0 atom stereocenters. The van der Waals surface area contributed by atoms with Crippen LogP contribution in [-0.4, -0.2) is 53.9 Å². The van der Waals surface area contributed by atoms with E-state index in [2.05, 4.69) is 14.8 Å². The van der Waals surface area contributed by atoms with Crippen LogP contribution in [0.5, 0.6) is 0 Å². The Morgan fingerprint density at radius 2 is 1.90 bits per heavy atom. The number of thioether (sulfide) groups is 1. The summed E-state index contributed by atoms with van der Waals surface area (Å²) in [5, 5.41) is 0. The van der Waals surface area contributed by atoms with Crippen molar-refractivity contribution in [2.45, 2.75) is 5.51 Å². The molecule has 112 valence electrons. The number of pyridine rings is 1. The normalized spacial score (nSPS) is 17.4. The fraction of sp³-hybridized carbons (Fsp3) is 0.583. The molecule has 20 heavy (non-hydrogen) atoms. The summed E-state index contributed by atoms with van der Waals surface area (Å²) in [6, 6.07) is 3.67. The van der Waals surface area contributed by atoms with E-state index in [0.29, 0.717) is 12.4 Å². The molecular formula is C12H17F3N4S. The van der Waals surface area contributed by atoms with Crippen LogP contribution in [0.2, 0.25) is 0 Å². The molecule has 2 heterocycles. The van der Waals surface area contributed by atoms with Gasteiger partial charge in [0.15, 0.2) is 0 Å². The summed E-state index contributed by atoms with van der Waals surface area (Å²) in [5.41, 5.74) is 2.41. The average molecular weight is 306 g/mol. The van der Waals surface area contributed by atoms with Crippen LogP contribution in [0.15, 0.2) is 18.3 Å². The number of piperazine rings is 1. The predicted octanol–water partition coefficient (Wildman–Crippen LogP) is 2.04. The van der Waals surface area contributed by atoms with Gasteiger partial charge in [-0.2, -0.15) is 13.2 Å². The first-order valence-corrected chi connectivity index (χ1v) is 7.32. The zero-order chi connectivity index (χ0) is 14.6. The SMILES string of the molecule is Nc1ccc(N2CCN(CCSC(F)(F)F)CC2)cn1. The summed E-state index contributed by atoms with van der Waals surface area (Å²) in [6.07, 6.45) is 1.73. The minimum absolute atomic E-state index is 0.0468. The third-order valence-corrected chi connectivity index (χ3v) is 3.90. The van der Waals surface area contributed by atoms with Crippen LogP contribution >= 0.6 is 11.8 Å². The summed E-state index contributed by atoms with van der Waals surface area (Å²) in [5.74, 6) is 0.573. The van der Waals surface area contributed by atoms with Gasteiger partial charge in [0, 0.05) is 38.5 Å².